The molecular weight excluding hydrogens is 422 g/mol. The summed E-state index contributed by atoms with van der Waals surface area (Å²) in [5, 5.41) is 9.96. The Balaban J connectivity index is 1.38. The second-order valence-corrected chi connectivity index (χ2v) is 7.50. The summed E-state index contributed by atoms with van der Waals surface area (Å²) < 4.78 is 34.5. The number of rotatable bonds is 4. The quantitative estimate of drug-likeness (QED) is 0.373. The minimum absolute atomic E-state index is 0.0319. The monoisotopic (exact) mass is 442 g/mol. The molecule has 1 atom stereocenters. The molecule has 0 radical (unpaired) electrons. The van der Waals surface area contributed by atoms with E-state index in [0.717, 1.165) is 0 Å². The Morgan fingerprint density at radius 3 is 2.59 bits per heavy atom. The number of piperidine rings is 1. The van der Waals surface area contributed by atoms with Crippen molar-refractivity contribution in [1.82, 2.24) is 10.3 Å². The van der Waals surface area contributed by atoms with E-state index in [1.165, 1.54) is 18.3 Å². The molecule has 2 fully saturated rings. The summed E-state index contributed by atoms with van der Waals surface area (Å²) in [6.45, 7) is 0.690. The number of aromatic nitrogens is 1. The first-order valence-electron chi connectivity index (χ1n) is 9.90. The third-order valence-electron chi connectivity index (χ3n) is 5.29. The molecule has 0 spiro atoms. The summed E-state index contributed by atoms with van der Waals surface area (Å²) in [5.74, 6) is -4.11. The van der Waals surface area contributed by atoms with E-state index >= 15 is 0 Å². The smallest absolute Gasteiger partial charge is 0.289 e. The number of hydrogen-bond acceptors (Lipinski definition) is 7. The minimum Gasteiger partial charge on any atom is -0.405 e. The van der Waals surface area contributed by atoms with Gasteiger partial charge >= 0.3 is 0 Å². The number of amides is 2. The number of halogens is 2. The number of anilines is 1. The predicted molar refractivity (Wildman–Crippen MR) is 111 cm³/mol. The molecule has 1 unspecified atom stereocenters. The van der Waals surface area contributed by atoms with Gasteiger partial charge in [0.05, 0.1) is 12.0 Å². The van der Waals surface area contributed by atoms with Gasteiger partial charge in [0.25, 0.3) is 6.02 Å². The molecular formula is C21H20F2N6O3. The van der Waals surface area contributed by atoms with E-state index in [0.29, 0.717) is 24.5 Å². The fourth-order valence-corrected chi connectivity index (χ4v) is 3.66. The largest absolute Gasteiger partial charge is 0.405 e. The van der Waals surface area contributed by atoms with Crippen LogP contribution < -0.4 is 16.0 Å². The van der Waals surface area contributed by atoms with Crippen molar-refractivity contribution in [2.45, 2.75) is 24.8 Å². The van der Waals surface area contributed by atoms with Crippen LogP contribution in [0.1, 0.15) is 30.0 Å². The van der Waals surface area contributed by atoms with E-state index in [-0.39, 0.29) is 36.4 Å². The molecule has 2 saturated heterocycles. The fraction of sp³-hybridized carbons (Fsp3) is 0.286. The van der Waals surface area contributed by atoms with Gasteiger partial charge in [0, 0.05) is 37.0 Å². The van der Waals surface area contributed by atoms with Gasteiger partial charge in [0.15, 0.2) is 0 Å². The average molecular weight is 442 g/mol. The van der Waals surface area contributed by atoms with Gasteiger partial charge in [-0.3, -0.25) is 25.3 Å². The lowest BCUT2D eigenvalue weighted by Gasteiger charge is -2.39. The van der Waals surface area contributed by atoms with Gasteiger partial charge in [0.2, 0.25) is 17.7 Å². The zero-order chi connectivity index (χ0) is 22.8. The van der Waals surface area contributed by atoms with Gasteiger partial charge in [-0.25, -0.2) is 13.8 Å². The van der Waals surface area contributed by atoms with Crippen molar-refractivity contribution in [2.24, 2.45) is 10.7 Å². The van der Waals surface area contributed by atoms with Crippen LogP contribution in [-0.2, 0) is 14.3 Å². The molecule has 11 heteroatoms. The number of carbonyl (C=O) groups is 2. The molecule has 1 aromatic carbocycles. The molecule has 1 aromatic heterocycles. The van der Waals surface area contributed by atoms with Crippen LogP contribution >= 0.6 is 0 Å². The molecule has 9 nitrogen and oxygen atoms in total. The van der Waals surface area contributed by atoms with Gasteiger partial charge in [-0.2, -0.15) is 0 Å². The number of amidine groups is 1. The summed E-state index contributed by atoms with van der Waals surface area (Å²) >= 11 is 0. The number of carbonyl (C=O) groups excluding carboxylic acids is 2. The van der Waals surface area contributed by atoms with Crippen LogP contribution in [0.5, 0.6) is 0 Å². The third-order valence-corrected chi connectivity index (χ3v) is 5.29. The van der Waals surface area contributed by atoms with Crippen molar-refractivity contribution >= 4 is 29.4 Å². The maximum atomic E-state index is 14.7. The lowest BCUT2D eigenvalue weighted by Crippen LogP contribution is -2.51. The Kier molecular flexibility index (Phi) is 5.80. The summed E-state index contributed by atoms with van der Waals surface area (Å²) in [5.41, 5.74) is 6.02. The van der Waals surface area contributed by atoms with Crippen molar-refractivity contribution in [3.8, 4) is 0 Å². The predicted octanol–water partition coefficient (Wildman–Crippen LogP) is 1.43. The molecule has 2 amide bonds. The van der Waals surface area contributed by atoms with Crippen LogP contribution in [0.15, 0.2) is 41.5 Å². The summed E-state index contributed by atoms with van der Waals surface area (Å²) in [6, 6.07) is 6.88. The van der Waals surface area contributed by atoms with Crippen LogP contribution in [-0.4, -0.2) is 47.8 Å². The number of nitrogens with two attached hydrogens (primary N) is 1. The Labute approximate surface area is 181 Å². The number of nitrogens with zero attached hydrogens (tertiary/aromatic N) is 3. The van der Waals surface area contributed by atoms with Gasteiger partial charge < -0.3 is 15.4 Å². The first-order valence-corrected chi connectivity index (χ1v) is 9.90. The van der Waals surface area contributed by atoms with Crippen molar-refractivity contribution in [1.29, 1.82) is 5.41 Å². The van der Waals surface area contributed by atoms with E-state index in [1.807, 2.05) is 0 Å². The van der Waals surface area contributed by atoms with Crippen molar-refractivity contribution < 1.29 is 23.1 Å². The Hall–Kier alpha value is -3.89. The number of benzene rings is 1. The molecule has 0 bridgehead atoms. The molecule has 3 heterocycles. The molecule has 166 valence electrons. The molecule has 4 N–H and O–H groups in total. The summed E-state index contributed by atoms with van der Waals surface area (Å²) in [4.78, 5) is 33.1. The van der Waals surface area contributed by atoms with E-state index in [4.69, 9.17) is 15.9 Å². The van der Waals surface area contributed by atoms with Gasteiger partial charge in [-0.1, -0.05) is 6.07 Å². The lowest BCUT2D eigenvalue weighted by molar-refractivity contribution is -0.134. The van der Waals surface area contributed by atoms with Gasteiger partial charge in [-0.05, 0) is 30.7 Å². The van der Waals surface area contributed by atoms with Crippen LogP contribution in [0, 0.1) is 17.0 Å². The summed E-state index contributed by atoms with van der Waals surface area (Å²) in [7, 11) is 0. The highest BCUT2D eigenvalue weighted by molar-refractivity contribution is 6.01. The van der Waals surface area contributed by atoms with Crippen LogP contribution in [0.25, 0.3) is 0 Å². The maximum absolute atomic E-state index is 14.7. The highest BCUT2D eigenvalue weighted by Crippen LogP contribution is 2.33. The zero-order valence-corrected chi connectivity index (χ0v) is 16.8. The molecule has 2 aliphatic heterocycles. The number of aliphatic imine (C=N–C) groups is 1. The second kappa shape index (κ2) is 8.69. The van der Waals surface area contributed by atoms with Crippen LogP contribution in [0.2, 0.25) is 0 Å². The molecule has 4 rings (SSSR count). The zero-order valence-electron chi connectivity index (χ0n) is 16.8. The normalized spacial score (nSPS) is 19.4. The topological polar surface area (TPSA) is 134 Å². The van der Waals surface area contributed by atoms with E-state index in [2.05, 4.69) is 15.3 Å². The fourth-order valence-electron chi connectivity index (χ4n) is 3.66. The number of ether oxygens (including phenoxy) is 1. The standard InChI is InChI=1S/C21H20F2N6O3/c22-14-7-12(8-15(23)18(14)13-4-5-17(30)28-20(13)31)29-9-11(10-29)27-21(25)32-19(24)16-3-1-2-6-26-16/h1-3,6-8,11,13,24H,4-5,9-10H2,(H2,25,27)(H,28,30,31). The minimum atomic E-state index is -1.04. The van der Waals surface area contributed by atoms with E-state index in [9.17, 15) is 18.4 Å². The Morgan fingerprint density at radius 1 is 1.25 bits per heavy atom. The lowest BCUT2D eigenvalue weighted by atomic mass is 9.89. The Bertz CT molecular complexity index is 1080. The maximum Gasteiger partial charge on any atom is 0.289 e. The molecule has 2 aromatic rings. The SMILES string of the molecule is N=C(OC(N)=NC1CN(c2cc(F)c(C3CCC(=O)NC3=O)c(F)c2)C1)c1ccccn1. The van der Waals surface area contributed by atoms with Gasteiger partial charge in [-0.15, -0.1) is 0 Å². The van der Waals surface area contributed by atoms with Crippen molar-refractivity contribution in [2.75, 3.05) is 18.0 Å². The average Bonchev–Trinajstić information content (AvgIpc) is 2.72. The van der Waals surface area contributed by atoms with Crippen LogP contribution in [0.3, 0.4) is 0 Å². The first kappa shape index (κ1) is 21.3. The highest BCUT2D eigenvalue weighted by Gasteiger charge is 2.34. The Morgan fingerprint density at radius 2 is 1.97 bits per heavy atom. The van der Waals surface area contributed by atoms with Crippen molar-refractivity contribution in [3.63, 3.8) is 0 Å². The number of nitrogens with one attached hydrogen (secondary N) is 2. The third kappa shape index (κ3) is 4.41. The molecule has 0 saturated carbocycles. The van der Waals surface area contributed by atoms with Gasteiger partial charge in [0.1, 0.15) is 17.3 Å². The second-order valence-electron chi connectivity index (χ2n) is 7.50. The van der Waals surface area contributed by atoms with E-state index < -0.39 is 29.4 Å². The van der Waals surface area contributed by atoms with Crippen LogP contribution in [0.4, 0.5) is 14.5 Å². The van der Waals surface area contributed by atoms with Crippen molar-refractivity contribution in [3.05, 3.63) is 59.4 Å². The molecule has 32 heavy (non-hydrogen) atoms. The number of hydrogen-bond donors (Lipinski definition) is 3. The highest BCUT2D eigenvalue weighted by atomic mass is 19.1. The number of imide groups is 1. The summed E-state index contributed by atoms with van der Waals surface area (Å²) in [6.07, 6.45) is 1.61. The molecule has 0 aliphatic carbocycles. The van der Waals surface area contributed by atoms with E-state index in [1.54, 1.807) is 23.1 Å². The molecule has 2 aliphatic rings. The first-order chi connectivity index (χ1) is 15.3. The number of pyridine rings is 1.